The van der Waals surface area contributed by atoms with Crippen LogP contribution in [0.25, 0.3) is 0 Å². The van der Waals surface area contributed by atoms with Crippen LogP contribution in [0.4, 0.5) is 5.69 Å². The molecule has 2 aliphatic carbocycles. The maximum absolute atomic E-state index is 12.5. The number of aliphatic imine (C=N–C) groups is 1. The van der Waals surface area contributed by atoms with E-state index >= 15 is 0 Å². The fourth-order valence-electron chi connectivity index (χ4n) is 4.70. The number of benzene rings is 1. The first-order valence-electron chi connectivity index (χ1n) is 11.0. The molecule has 2 fully saturated rings. The molecule has 0 radical (unpaired) electrons. The summed E-state index contributed by atoms with van der Waals surface area (Å²) in [6.45, 7) is 0.135. The number of amidine groups is 1. The Hall–Kier alpha value is -2.75. The summed E-state index contributed by atoms with van der Waals surface area (Å²) in [5, 5.41) is 2.56. The highest BCUT2D eigenvalue weighted by molar-refractivity contribution is 7.90. The van der Waals surface area contributed by atoms with Gasteiger partial charge < -0.3 is 10.1 Å². The molecule has 2 N–H and O–H groups in total. The lowest BCUT2D eigenvalue weighted by molar-refractivity contribution is -0.155. The number of fused-ring (bicyclic) bond motifs is 2. The Labute approximate surface area is 187 Å². The molecule has 1 amide bonds. The minimum absolute atomic E-state index is 0.000285. The number of rotatable bonds is 6. The van der Waals surface area contributed by atoms with Crippen molar-refractivity contribution >= 4 is 39.2 Å². The predicted octanol–water partition coefficient (Wildman–Crippen LogP) is 2.03. The van der Waals surface area contributed by atoms with Crippen LogP contribution in [0.3, 0.4) is 0 Å². The molecule has 4 rings (SSSR count). The lowest BCUT2D eigenvalue weighted by Gasteiger charge is -2.36. The highest BCUT2D eigenvalue weighted by atomic mass is 32.2. The average Bonchev–Trinajstić information content (AvgIpc) is 3.24. The molecule has 0 spiro atoms. The van der Waals surface area contributed by atoms with E-state index in [0.29, 0.717) is 31.6 Å². The molecular formula is C22H27N3O6S. The summed E-state index contributed by atoms with van der Waals surface area (Å²) in [4.78, 5) is 41.0. The smallest absolute Gasteiger partial charge is 0.309 e. The Morgan fingerprint density at radius 3 is 2.56 bits per heavy atom. The highest BCUT2D eigenvalue weighted by Crippen LogP contribution is 2.40. The third-order valence-electron chi connectivity index (χ3n) is 6.28. The van der Waals surface area contributed by atoms with Gasteiger partial charge in [0.05, 0.1) is 10.8 Å². The number of hydrogen-bond acceptors (Lipinski definition) is 7. The van der Waals surface area contributed by atoms with Crippen LogP contribution in [0.15, 0.2) is 34.2 Å². The third-order valence-corrected chi connectivity index (χ3v) is 7.66. The Bertz CT molecular complexity index is 1040. The molecule has 2 bridgehead atoms. The Balaban J connectivity index is 1.30. The second-order valence-corrected chi connectivity index (χ2v) is 10.3. The van der Waals surface area contributed by atoms with Gasteiger partial charge in [-0.3, -0.25) is 24.1 Å². The van der Waals surface area contributed by atoms with Crippen molar-refractivity contribution in [2.24, 2.45) is 22.7 Å². The summed E-state index contributed by atoms with van der Waals surface area (Å²) in [6.07, 6.45) is 5.04. The second kappa shape index (κ2) is 9.40. The molecular weight excluding hydrogens is 434 g/mol. The van der Waals surface area contributed by atoms with Crippen LogP contribution in [-0.4, -0.2) is 45.1 Å². The van der Waals surface area contributed by atoms with Crippen LogP contribution in [0.2, 0.25) is 0 Å². The quantitative estimate of drug-likeness (QED) is 0.623. The molecule has 9 nitrogen and oxygen atoms in total. The number of sulfonamides is 1. The van der Waals surface area contributed by atoms with Crippen molar-refractivity contribution in [3.8, 4) is 0 Å². The van der Waals surface area contributed by atoms with Gasteiger partial charge in [0.1, 0.15) is 11.6 Å². The van der Waals surface area contributed by atoms with E-state index in [-0.39, 0.29) is 34.1 Å². The molecule has 172 valence electrons. The van der Waals surface area contributed by atoms with Gasteiger partial charge in [-0.05, 0) is 50.3 Å². The van der Waals surface area contributed by atoms with Crippen molar-refractivity contribution in [2.45, 2.75) is 49.8 Å². The SMILES string of the molecule is O=C(COC(=O)C1C[C@H]2CCC[C@@H](C1)C2=O)Nc1cccc(S(=O)(=O)NC2=NCCC2)c1. The molecule has 1 heterocycles. The molecule has 10 heteroatoms. The fraction of sp³-hybridized carbons (Fsp3) is 0.545. The lowest BCUT2D eigenvalue weighted by Crippen LogP contribution is -2.40. The zero-order chi connectivity index (χ0) is 22.7. The van der Waals surface area contributed by atoms with Crippen LogP contribution in [0.1, 0.15) is 44.9 Å². The van der Waals surface area contributed by atoms with Gasteiger partial charge in [-0.25, -0.2) is 8.42 Å². The molecule has 0 saturated heterocycles. The van der Waals surface area contributed by atoms with Crippen LogP contribution < -0.4 is 10.0 Å². The average molecular weight is 462 g/mol. The molecule has 3 aliphatic rings. The van der Waals surface area contributed by atoms with E-state index in [9.17, 15) is 22.8 Å². The number of carbonyl (C=O) groups is 3. The van der Waals surface area contributed by atoms with E-state index in [1.807, 2.05) is 0 Å². The van der Waals surface area contributed by atoms with Crippen LogP contribution in [-0.2, 0) is 29.1 Å². The summed E-state index contributed by atoms with van der Waals surface area (Å²) >= 11 is 0. The monoisotopic (exact) mass is 461 g/mol. The number of amides is 1. The minimum Gasteiger partial charge on any atom is -0.455 e. The van der Waals surface area contributed by atoms with Crippen molar-refractivity contribution in [3.05, 3.63) is 24.3 Å². The first-order chi connectivity index (χ1) is 15.3. The van der Waals surface area contributed by atoms with Gasteiger partial charge in [0.2, 0.25) is 0 Å². The van der Waals surface area contributed by atoms with E-state index in [1.165, 1.54) is 18.2 Å². The number of nitrogens with zero attached hydrogens (tertiary/aromatic N) is 1. The van der Waals surface area contributed by atoms with Crippen LogP contribution in [0, 0.1) is 17.8 Å². The third kappa shape index (κ3) is 5.17. The number of esters is 1. The minimum atomic E-state index is -3.80. The molecule has 3 atom stereocenters. The lowest BCUT2D eigenvalue weighted by atomic mass is 9.67. The predicted molar refractivity (Wildman–Crippen MR) is 116 cm³/mol. The number of hydrogen-bond donors (Lipinski definition) is 2. The van der Waals surface area contributed by atoms with Crippen LogP contribution in [0.5, 0.6) is 0 Å². The Kier molecular flexibility index (Phi) is 6.59. The van der Waals surface area contributed by atoms with Gasteiger partial charge in [0.15, 0.2) is 6.61 Å². The van der Waals surface area contributed by atoms with Crippen molar-refractivity contribution in [2.75, 3.05) is 18.5 Å². The molecule has 32 heavy (non-hydrogen) atoms. The zero-order valence-electron chi connectivity index (χ0n) is 17.7. The molecule has 1 aliphatic heterocycles. The van der Waals surface area contributed by atoms with Gasteiger partial charge in [0.25, 0.3) is 15.9 Å². The number of ketones is 1. The summed E-state index contributed by atoms with van der Waals surface area (Å²) in [6, 6.07) is 5.84. The fourth-order valence-corrected chi connectivity index (χ4v) is 5.84. The molecule has 2 saturated carbocycles. The van der Waals surface area contributed by atoms with Gasteiger partial charge in [0, 0.05) is 30.5 Å². The molecule has 1 unspecified atom stereocenters. The number of ether oxygens (including phenoxy) is 1. The summed E-state index contributed by atoms with van der Waals surface area (Å²) < 4.78 is 32.7. The standard InChI is InChI=1S/C22H27N3O6S/c26-20(13-31-22(28)16-10-14-4-1-5-15(11-16)21(14)27)24-17-6-2-7-18(12-17)32(29,30)25-19-8-3-9-23-19/h2,6-7,12,14-16H,1,3-5,8-11,13H2,(H,23,25)(H,24,26)/t14-,15+,16?. The maximum atomic E-state index is 12.5. The topological polar surface area (TPSA) is 131 Å². The highest BCUT2D eigenvalue weighted by Gasteiger charge is 2.41. The van der Waals surface area contributed by atoms with Crippen molar-refractivity contribution in [1.82, 2.24) is 4.72 Å². The van der Waals surface area contributed by atoms with E-state index in [1.54, 1.807) is 6.07 Å². The normalized spacial score (nSPS) is 25.1. The van der Waals surface area contributed by atoms with E-state index in [2.05, 4.69) is 15.0 Å². The van der Waals surface area contributed by atoms with E-state index < -0.39 is 28.5 Å². The number of anilines is 1. The first kappa shape index (κ1) is 22.4. The van der Waals surface area contributed by atoms with Crippen molar-refractivity contribution in [1.29, 1.82) is 0 Å². The molecule has 1 aromatic carbocycles. The molecule has 1 aromatic rings. The van der Waals surface area contributed by atoms with Gasteiger partial charge in [-0.2, -0.15) is 0 Å². The Morgan fingerprint density at radius 1 is 1.12 bits per heavy atom. The van der Waals surface area contributed by atoms with Crippen molar-refractivity contribution in [3.63, 3.8) is 0 Å². The number of Topliss-reactive ketones (excluding diaryl/α,β-unsaturated/α-hetero) is 1. The van der Waals surface area contributed by atoms with E-state index in [4.69, 9.17) is 4.74 Å². The van der Waals surface area contributed by atoms with Gasteiger partial charge in [-0.1, -0.05) is 12.5 Å². The maximum Gasteiger partial charge on any atom is 0.309 e. The second-order valence-electron chi connectivity index (χ2n) is 8.62. The first-order valence-corrected chi connectivity index (χ1v) is 12.5. The van der Waals surface area contributed by atoms with Crippen LogP contribution >= 0.6 is 0 Å². The van der Waals surface area contributed by atoms with Crippen molar-refractivity contribution < 1.29 is 27.5 Å². The Morgan fingerprint density at radius 2 is 1.88 bits per heavy atom. The summed E-state index contributed by atoms with van der Waals surface area (Å²) in [5.74, 6) is -0.809. The molecule has 0 aromatic heterocycles. The van der Waals surface area contributed by atoms with E-state index in [0.717, 1.165) is 25.7 Å². The number of carbonyl (C=O) groups excluding carboxylic acids is 3. The largest absolute Gasteiger partial charge is 0.455 e. The zero-order valence-corrected chi connectivity index (χ0v) is 18.5. The number of nitrogens with one attached hydrogen (secondary N) is 2. The summed E-state index contributed by atoms with van der Waals surface area (Å²) in [5.41, 5.74) is 0.278. The van der Waals surface area contributed by atoms with Gasteiger partial charge in [-0.15, -0.1) is 0 Å². The van der Waals surface area contributed by atoms with Gasteiger partial charge >= 0.3 is 5.97 Å². The summed E-state index contributed by atoms with van der Waals surface area (Å²) in [7, 11) is -3.80.